The maximum absolute atomic E-state index is 6.19. The Morgan fingerprint density at radius 3 is 1.57 bits per heavy atom. The molecule has 1 aromatic heterocycles. The zero-order valence-electron chi connectivity index (χ0n) is 26.2. The van der Waals surface area contributed by atoms with E-state index in [9.17, 15) is 0 Å². The van der Waals surface area contributed by atoms with E-state index in [2.05, 4.69) is 50.5 Å². The van der Waals surface area contributed by atoms with Crippen molar-refractivity contribution >= 4 is 0 Å². The Morgan fingerprint density at radius 1 is 0.575 bits per heavy atom. The van der Waals surface area contributed by atoms with Gasteiger partial charge >= 0.3 is 0 Å². The number of aromatic nitrogens is 2. The zero-order chi connectivity index (χ0) is 28.1. The summed E-state index contributed by atoms with van der Waals surface area (Å²) in [5.41, 5.74) is 2.75. The molecule has 0 atom stereocenters. The third kappa shape index (κ3) is 13.6. The predicted octanol–water partition coefficient (Wildman–Crippen LogP) is 11.2. The summed E-state index contributed by atoms with van der Waals surface area (Å²) in [5.74, 6) is 3.25. The van der Waals surface area contributed by atoms with E-state index in [1.807, 2.05) is 0 Å². The molecule has 1 aliphatic carbocycles. The van der Waals surface area contributed by atoms with E-state index >= 15 is 0 Å². The van der Waals surface area contributed by atoms with Crippen molar-refractivity contribution in [2.75, 3.05) is 6.61 Å². The van der Waals surface area contributed by atoms with Crippen molar-refractivity contribution in [1.29, 1.82) is 0 Å². The maximum atomic E-state index is 6.19. The lowest BCUT2D eigenvalue weighted by Gasteiger charge is -2.27. The molecule has 0 unspecified atom stereocenters. The highest BCUT2D eigenvalue weighted by atomic mass is 16.5. The summed E-state index contributed by atoms with van der Waals surface area (Å²) in [6.45, 7) is 5.41. The van der Waals surface area contributed by atoms with E-state index in [0.717, 1.165) is 24.6 Å². The number of nitrogens with zero attached hydrogens (tertiary/aromatic N) is 2. The van der Waals surface area contributed by atoms with Gasteiger partial charge in [0.1, 0.15) is 11.6 Å². The van der Waals surface area contributed by atoms with Crippen LogP contribution in [0.3, 0.4) is 0 Å². The van der Waals surface area contributed by atoms with E-state index in [4.69, 9.17) is 14.7 Å². The lowest BCUT2D eigenvalue weighted by atomic mass is 9.82. The van der Waals surface area contributed by atoms with Crippen LogP contribution in [-0.2, 0) is 12.8 Å². The van der Waals surface area contributed by atoms with Crippen molar-refractivity contribution in [1.82, 2.24) is 9.97 Å². The molecule has 0 amide bonds. The monoisotopic (exact) mass is 548 g/mol. The van der Waals surface area contributed by atoms with Gasteiger partial charge in [0.25, 0.3) is 0 Å². The average molecular weight is 549 g/mol. The molecule has 3 nitrogen and oxygen atoms in total. The summed E-state index contributed by atoms with van der Waals surface area (Å²) in [4.78, 5) is 9.56. The van der Waals surface area contributed by atoms with Crippen LogP contribution in [-0.4, -0.2) is 16.6 Å². The highest BCUT2D eigenvalue weighted by Crippen LogP contribution is 2.34. The topological polar surface area (TPSA) is 35.0 Å². The third-order valence-corrected chi connectivity index (χ3v) is 8.98. The molecule has 1 saturated carbocycles. The summed E-state index contributed by atoms with van der Waals surface area (Å²) in [6, 6.07) is 8.88. The van der Waals surface area contributed by atoms with Gasteiger partial charge in [0.05, 0.1) is 6.61 Å². The molecule has 0 aliphatic heterocycles. The first-order valence-corrected chi connectivity index (χ1v) is 17.3. The fraction of sp³-hybridized carbons (Fsp3) is 0.730. The van der Waals surface area contributed by atoms with Crippen molar-refractivity contribution in [2.24, 2.45) is 5.92 Å². The van der Waals surface area contributed by atoms with Gasteiger partial charge in [-0.3, -0.25) is 0 Å². The Hall–Kier alpha value is -1.90. The molecule has 1 aliphatic rings. The van der Waals surface area contributed by atoms with E-state index < -0.39 is 0 Å². The first-order chi connectivity index (χ1) is 19.8. The van der Waals surface area contributed by atoms with Crippen LogP contribution in [0.4, 0.5) is 0 Å². The van der Waals surface area contributed by atoms with Crippen LogP contribution in [0.5, 0.6) is 5.75 Å². The fourth-order valence-electron chi connectivity index (χ4n) is 6.18. The zero-order valence-corrected chi connectivity index (χ0v) is 26.2. The predicted molar refractivity (Wildman–Crippen MR) is 171 cm³/mol. The molecule has 1 fully saturated rings. The molecule has 3 rings (SSSR count). The molecule has 3 heteroatoms. The Labute approximate surface area is 247 Å². The van der Waals surface area contributed by atoms with E-state index in [1.54, 1.807) is 0 Å². The van der Waals surface area contributed by atoms with Crippen LogP contribution in [0.2, 0.25) is 0 Å². The molecule has 0 radical (unpaired) electrons. The number of ether oxygens (including phenoxy) is 1. The number of hydrogen-bond donors (Lipinski definition) is 0. The normalized spacial score (nSPS) is 17.2. The van der Waals surface area contributed by atoms with Crippen LogP contribution >= 0.6 is 0 Å². The smallest absolute Gasteiger partial charge is 0.131 e. The summed E-state index contributed by atoms with van der Waals surface area (Å²) >= 11 is 0. The minimum absolute atomic E-state index is 0.518. The standard InChI is InChI=1S/C37H60N2O/c1-3-5-7-9-11-13-15-17-19-32-23-27-36(28-24-32)40-31-33-21-25-35(26-22-33)37-38-29-34(30-39-37)20-18-16-14-12-10-8-6-4-2/h23-24,27-30,33,35H,3-22,25-26,31H2,1-2H3/t33-,35-. The van der Waals surface area contributed by atoms with Gasteiger partial charge in [0.15, 0.2) is 0 Å². The minimum Gasteiger partial charge on any atom is -0.493 e. The van der Waals surface area contributed by atoms with Crippen molar-refractivity contribution in [2.45, 2.75) is 161 Å². The fourth-order valence-corrected chi connectivity index (χ4v) is 6.18. The minimum atomic E-state index is 0.518. The molecule has 1 aromatic carbocycles. The number of rotatable bonds is 22. The Kier molecular flexibility index (Phi) is 17.0. The number of hydrogen-bond acceptors (Lipinski definition) is 3. The SMILES string of the molecule is CCCCCCCCCCc1ccc(OC[C@H]2CC[C@H](c3ncc(CCCCCCCCCC)cn3)CC2)cc1. The third-order valence-electron chi connectivity index (χ3n) is 8.98. The summed E-state index contributed by atoms with van der Waals surface area (Å²) in [5, 5.41) is 0. The number of benzene rings is 1. The Bertz CT molecular complexity index is 855. The van der Waals surface area contributed by atoms with Gasteiger partial charge in [0.2, 0.25) is 0 Å². The summed E-state index contributed by atoms with van der Waals surface area (Å²) < 4.78 is 6.19. The largest absolute Gasteiger partial charge is 0.493 e. The molecule has 224 valence electrons. The van der Waals surface area contributed by atoms with Gasteiger partial charge in [-0.05, 0) is 80.5 Å². The quantitative estimate of drug-likeness (QED) is 0.137. The van der Waals surface area contributed by atoms with Gasteiger partial charge < -0.3 is 4.74 Å². The average Bonchev–Trinajstić information content (AvgIpc) is 3.00. The van der Waals surface area contributed by atoms with E-state index in [1.165, 1.54) is 146 Å². The van der Waals surface area contributed by atoms with Crippen molar-refractivity contribution in [3.63, 3.8) is 0 Å². The molecule has 2 aromatic rings. The molecule has 0 bridgehead atoms. The first kappa shape index (κ1) is 32.6. The summed E-state index contributed by atoms with van der Waals surface area (Å²) in [7, 11) is 0. The number of unbranched alkanes of at least 4 members (excludes halogenated alkanes) is 14. The van der Waals surface area contributed by atoms with Crippen LogP contribution in [0.25, 0.3) is 0 Å². The summed E-state index contributed by atoms with van der Waals surface area (Å²) in [6.07, 6.45) is 33.3. The van der Waals surface area contributed by atoms with Gasteiger partial charge in [-0.15, -0.1) is 0 Å². The van der Waals surface area contributed by atoms with Gasteiger partial charge in [-0.25, -0.2) is 9.97 Å². The lowest BCUT2D eigenvalue weighted by Crippen LogP contribution is -2.20. The molecule has 0 saturated heterocycles. The lowest BCUT2D eigenvalue weighted by molar-refractivity contribution is 0.198. The van der Waals surface area contributed by atoms with Gasteiger partial charge in [-0.1, -0.05) is 116 Å². The van der Waals surface area contributed by atoms with Crippen LogP contribution < -0.4 is 4.74 Å². The van der Waals surface area contributed by atoms with Crippen molar-refractivity contribution < 1.29 is 4.74 Å². The Morgan fingerprint density at radius 2 is 1.05 bits per heavy atom. The highest BCUT2D eigenvalue weighted by molar-refractivity contribution is 5.27. The molecular weight excluding hydrogens is 488 g/mol. The van der Waals surface area contributed by atoms with Crippen LogP contribution in [0, 0.1) is 5.92 Å². The molecule has 40 heavy (non-hydrogen) atoms. The molecular formula is C37H60N2O. The van der Waals surface area contributed by atoms with E-state index in [-0.39, 0.29) is 0 Å². The Balaban J connectivity index is 1.23. The van der Waals surface area contributed by atoms with Crippen LogP contribution in [0.1, 0.15) is 165 Å². The second-order valence-corrected chi connectivity index (χ2v) is 12.6. The van der Waals surface area contributed by atoms with Crippen molar-refractivity contribution in [3.05, 3.63) is 53.6 Å². The molecule has 1 heterocycles. The maximum Gasteiger partial charge on any atom is 0.131 e. The molecule has 0 N–H and O–H groups in total. The second kappa shape index (κ2) is 20.9. The first-order valence-electron chi connectivity index (χ1n) is 17.3. The van der Waals surface area contributed by atoms with Crippen molar-refractivity contribution in [3.8, 4) is 5.75 Å². The van der Waals surface area contributed by atoms with Gasteiger partial charge in [0, 0.05) is 18.3 Å². The highest BCUT2D eigenvalue weighted by Gasteiger charge is 2.24. The number of aryl methyl sites for hydroxylation is 2. The van der Waals surface area contributed by atoms with E-state index in [0.29, 0.717) is 11.8 Å². The molecule has 0 spiro atoms. The van der Waals surface area contributed by atoms with Gasteiger partial charge in [-0.2, -0.15) is 0 Å². The van der Waals surface area contributed by atoms with Crippen LogP contribution in [0.15, 0.2) is 36.7 Å². The second-order valence-electron chi connectivity index (χ2n) is 12.6.